The number of hydrogen-bond donors (Lipinski definition) is 1. The van der Waals surface area contributed by atoms with Crippen LogP contribution in [0.25, 0.3) is 0 Å². The Morgan fingerprint density at radius 2 is 1.64 bits per heavy atom. The van der Waals surface area contributed by atoms with E-state index in [1.807, 2.05) is 12.1 Å². The van der Waals surface area contributed by atoms with Gasteiger partial charge in [-0.1, -0.05) is 49.0 Å². The second-order valence-corrected chi connectivity index (χ2v) is 4.23. The molecule has 0 radical (unpaired) electrons. The maximum absolute atomic E-state index is 8.94. The predicted octanol–water partition coefficient (Wildman–Crippen LogP) is 1.70. The number of rotatable bonds is 2. The zero-order valence-electron chi connectivity index (χ0n) is 8.58. The smallest absolute Gasteiger partial charge is 0.304 e. The summed E-state index contributed by atoms with van der Waals surface area (Å²) in [6.07, 6.45) is 6.86. The fourth-order valence-electron chi connectivity index (χ4n) is 2.33. The quantitative estimate of drug-likeness (QED) is 0.700. The molecule has 0 spiro atoms. The molecular weight excluding hydrogens is 171 g/mol. The normalized spacial score (nSPS) is 18.1. The van der Waals surface area contributed by atoms with Crippen molar-refractivity contribution in [1.29, 1.82) is 0 Å². The monoisotopic (exact) mass is 188 g/mol. The van der Waals surface area contributed by atoms with E-state index < -0.39 is 0 Å². The molecule has 1 aliphatic rings. The van der Waals surface area contributed by atoms with Crippen molar-refractivity contribution >= 4 is 12.9 Å². The molecule has 2 heteroatoms. The van der Waals surface area contributed by atoms with Crippen LogP contribution in [-0.4, -0.2) is 12.5 Å². The zero-order valence-corrected chi connectivity index (χ0v) is 8.58. The summed E-state index contributed by atoms with van der Waals surface area (Å²) in [4.78, 5) is 0. The highest BCUT2D eigenvalue weighted by Gasteiger charge is 2.14. The third-order valence-corrected chi connectivity index (χ3v) is 3.24. The summed E-state index contributed by atoms with van der Waals surface area (Å²) in [7, 11) is 0.158. The molecule has 2 rings (SSSR count). The van der Waals surface area contributed by atoms with E-state index in [1.165, 1.54) is 37.7 Å². The highest BCUT2D eigenvalue weighted by atomic mass is 16.2. The Kier molecular flexibility index (Phi) is 3.25. The fraction of sp³-hybridized carbons (Fsp3) is 0.500. The third-order valence-electron chi connectivity index (χ3n) is 3.24. The second kappa shape index (κ2) is 4.65. The Hall–Kier alpha value is -0.755. The van der Waals surface area contributed by atoms with Gasteiger partial charge in [-0.2, -0.15) is 0 Å². The Bertz CT molecular complexity index is 275. The average Bonchev–Trinajstić information content (AvgIpc) is 2.30. The van der Waals surface area contributed by atoms with Gasteiger partial charge >= 0.3 is 7.48 Å². The SMILES string of the molecule is OBc1ccc(C2CCCCC2)cc1. The molecule has 1 aliphatic carbocycles. The maximum atomic E-state index is 8.94. The molecule has 1 aromatic rings. The first-order valence-corrected chi connectivity index (χ1v) is 5.60. The van der Waals surface area contributed by atoms with Gasteiger partial charge in [0, 0.05) is 0 Å². The van der Waals surface area contributed by atoms with Gasteiger partial charge in [-0.3, -0.25) is 0 Å². The summed E-state index contributed by atoms with van der Waals surface area (Å²) in [5.74, 6) is 0.775. The Morgan fingerprint density at radius 3 is 2.21 bits per heavy atom. The highest BCUT2D eigenvalue weighted by molar-refractivity contribution is 6.45. The minimum Gasteiger partial charge on any atom is -0.449 e. The molecule has 74 valence electrons. The van der Waals surface area contributed by atoms with Crippen molar-refractivity contribution in [2.75, 3.05) is 0 Å². The first-order chi connectivity index (χ1) is 6.90. The van der Waals surface area contributed by atoms with Gasteiger partial charge < -0.3 is 5.02 Å². The molecule has 1 N–H and O–H groups in total. The van der Waals surface area contributed by atoms with Crippen molar-refractivity contribution in [2.45, 2.75) is 38.0 Å². The first-order valence-electron chi connectivity index (χ1n) is 5.60. The van der Waals surface area contributed by atoms with E-state index in [0.717, 1.165) is 11.4 Å². The third kappa shape index (κ3) is 2.18. The van der Waals surface area contributed by atoms with Crippen LogP contribution in [0.2, 0.25) is 0 Å². The molecule has 1 nitrogen and oxygen atoms in total. The van der Waals surface area contributed by atoms with Crippen molar-refractivity contribution in [2.24, 2.45) is 0 Å². The van der Waals surface area contributed by atoms with E-state index >= 15 is 0 Å². The van der Waals surface area contributed by atoms with E-state index in [1.54, 1.807) is 0 Å². The highest BCUT2D eigenvalue weighted by Crippen LogP contribution is 2.31. The van der Waals surface area contributed by atoms with Gasteiger partial charge in [0.25, 0.3) is 0 Å². The summed E-state index contributed by atoms with van der Waals surface area (Å²) in [6, 6.07) is 8.46. The topological polar surface area (TPSA) is 20.2 Å². The van der Waals surface area contributed by atoms with Gasteiger partial charge in [0.05, 0.1) is 0 Å². The lowest BCUT2D eigenvalue weighted by atomic mass is 9.81. The molecule has 0 atom stereocenters. The van der Waals surface area contributed by atoms with Gasteiger partial charge in [-0.15, -0.1) is 0 Å². The van der Waals surface area contributed by atoms with Crippen molar-refractivity contribution in [3.05, 3.63) is 29.8 Å². The minimum atomic E-state index is 0.158. The molecule has 0 aliphatic heterocycles. The van der Waals surface area contributed by atoms with Crippen LogP contribution in [0, 0.1) is 0 Å². The van der Waals surface area contributed by atoms with Crippen molar-refractivity contribution in [3.8, 4) is 0 Å². The van der Waals surface area contributed by atoms with Gasteiger partial charge in [0.15, 0.2) is 0 Å². The summed E-state index contributed by atoms with van der Waals surface area (Å²) in [5.41, 5.74) is 2.48. The van der Waals surface area contributed by atoms with Crippen LogP contribution in [-0.2, 0) is 0 Å². The van der Waals surface area contributed by atoms with Crippen molar-refractivity contribution in [3.63, 3.8) is 0 Å². The lowest BCUT2D eigenvalue weighted by Gasteiger charge is -2.21. The van der Waals surface area contributed by atoms with E-state index in [0.29, 0.717) is 0 Å². The van der Waals surface area contributed by atoms with Crippen LogP contribution in [0.5, 0.6) is 0 Å². The van der Waals surface area contributed by atoms with Crippen molar-refractivity contribution < 1.29 is 5.02 Å². The molecule has 1 saturated carbocycles. The molecular formula is C12H17BO. The van der Waals surface area contributed by atoms with E-state index in [-0.39, 0.29) is 7.48 Å². The van der Waals surface area contributed by atoms with Crippen LogP contribution in [0.3, 0.4) is 0 Å². The average molecular weight is 188 g/mol. The van der Waals surface area contributed by atoms with E-state index in [9.17, 15) is 0 Å². The fourth-order valence-corrected chi connectivity index (χ4v) is 2.33. The van der Waals surface area contributed by atoms with Crippen LogP contribution >= 0.6 is 0 Å². The lowest BCUT2D eigenvalue weighted by molar-refractivity contribution is 0.443. The van der Waals surface area contributed by atoms with Crippen LogP contribution in [0.4, 0.5) is 0 Å². The Morgan fingerprint density at radius 1 is 1.00 bits per heavy atom. The molecule has 0 unspecified atom stereocenters. The summed E-state index contributed by atoms with van der Waals surface area (Å²) >= 11 is 0. The van der Waals surface area contributed by atoms with Crippen LogP contribution in [0.15, 0.2) is 24.3 Å². The number of hydrogen-bond acceptors (Lipinski definition) is 1. The summed E-state index contributed by atoms with van der Waals surface area (Å²) < 4.78 is 0. The van der Waals surface area contributed by atoms with E-state index in [4.69, 9.17) is 5.02 Å². The van der Waals surface area contributed by atoms with Crippen molar-refractivity contribution in [1.82, 2.24) is 0 Å². The minimum absolute atomic E-state index is 0.158. The maximum Gasteiger partial charge on any atom is 0.304 e. The van der Waals surface area contributed by atoms with Gasteiger partial charge in [0.1, 0.15) is 0 Å². The van der Waals surface area contributed by atoms with Gasteiger partial charge in [-0.05, 0) is 24.3 Å². The molecule has 0 saturated heterocycles. The predicted molar refractivity (Wildman–Crippen MR) is 61.3 cm³/mol. The zero-order chi connectivity index (χ0) is 9.80. The molecule has 0 bridgehead atoms. The molecule has 0 heterocycles. The molecule has 1 aromatic carbocycles. The van der Waals surface area contributed by atoms with Crippen LogP contribution in [0.1, 0.15) is 43.6 Å². The lowest BCUT2D eigenvalue weighted by Crippen LogP contribution is -2.13. The Balaban J connectivity index is 2.07. The molecule has 0 amide bonds. The molecule has 1 fully saturated rings. The molecule has 0 aromatic heterocycles. The van der Waals surface area contributed by atoms with Crippen LogP contribution < -0.4 is 5.46 Å². The summed E-state index contributed by atoms with van der Waals surface area (Å²) in [6.45, 7) is 0. The summed E-state index contributed by atoms with van der Waals surface area (Å²) in [5, 5.41) is 8.94. The second-order valence-electron chi connectivity index (χ2n) is 4.23. The number of benzene rings is 1. The standard InChI is InChI=1S/C12H17BO/c14-13-12-8-6-11(7-9-12)10-4-2-1-3-5-10/h6-10,13-14H,1-5H2. The van der Waals surface area contributed by atoms with Gasteiger partial charge in [0.2, 0.25) is 0 Å². The largest absolute Gasteiger partial charge is 0.449 e. The first kappa shape index (κ1) is 9.79. The van der Waals surface area contributed by atoms with Gasteiger partial charge in [-0.25, -0.2) is 0 Å². The Labute approximate surface area is 86.4 Å². The molecule has 14 heavy (non-hydrogen) atoms. The van der Waals surface area contributed by atoms with E-state index in [2.05, 4.69) is 12.1 Å².